The lowest BCUT2D eigenvalue weighted by Crippen LogP contribution is -2.42. The number of carboxylic acid groups (broad SMARTS) is 1. The maximum atomic E-state index is 14.8. The predicted molar refractivity (Wildman–Crippen MR) is 105 cm³/mol. The van der Waals surface area contributed by atoms with Crippen LogP contribution in [0.5, 0.6) is 0 Å². The monoisotopic (exact) mass is 452 g/mol. The molecule has 1 aliphatic rings. The number of aromatic nitrogens is 2. The zero-order valence-electron chi connectivity index (χ0n) is 15.9. The van der Waals surface area contributed by atoms with Crippen LogP contribution in [0.3, 0.4) is 0 Å². The van der Waals surface area contributed by atoms with Gasteiger partial charge in [0.05, 0.1) is 5.39 Å². The molecule has 0 spiro atoms. The van der Waals surface area contributed by atoms with E-state index in [1.165, 1.54) is 0 Å². The molecule has 0 unspecified atom stereocenters. The fourth-order valence-corrected chi connectivity index (χ4v) is 3.60. The van der Waals surface area contributed by atoms with Crippen molar-refractivity contribution in [2.75, 3.05) is 31.5 Å². The molecule has 1 fully saturated rings. The van der Waals surface area contributed by atoms with Crippen LogP contribution in [-0.2, 0) is 5.54 Å². The van der Waals surface area contributed by atoms with Crippen LogP contribution in [0.2, 0.25) is 0 Å². The first-order chi connectivity index (χ1) is 13.7. The topological polar surface area (TPSA) is 101 Å². The molecule has 166 valence electrons. The third-order valence-corrected chi connectivity index (χ3v) is 5.28. The van der Waals surface area contributed by atoms with Gasteiger partial charge in [-0.3, -0.25) is 4.79 Å². The molecule has 3 N–H and O–H groups in total. The average Bonchev–Trinajstić information content (AvgIpc) is 3.02. The number of hydrogen-bond acceptors (Lipinski definition) is 5. The molecule has 12 heteroatoms. The lowest BCUT2D eigenvalue weighted by atomic mass is 10.0. The molecular weight excluding hydrogens is 432 g/mol. The molecule has 3 rings (SSSR count). The van der Waals surface area contributed by atoms with E-state index < -0.39 is 59.4 Å². The van der Waals surface area contributed by atoms with Crippen LogP contribution >= 0.6 is 12.4 Å². The van der Waals surface area contributed by atoms with Gasteiger partial charge in [-0.25, -0.2) is 27.3 Å². The normalized spacial score (nSPS) is 19.2. The number of alkyl halides is 3. The van der Waals surface area contributed by atoms with Gasteiger partial charge in [-0.05, 0) is 19.4 Å². The molecule has 2 atom stereocenters. The van der Waals surface area contributed by atoms with Crippen molar-refractivity contribution >= 4 is 35.2 Å². The highest BCUT2D eigenvalue weighted by Crippen LogP contribution is 2.30. The lowest BCUT2D eigenvalue weighted by Gasteiger charge is -2.30. The van der Waals surface area contributed by atoms with Crippen molar-refractivity contribution in [1.82, 2.24) is 9.55 Å². The van der Waals surface area contributed by atoms with Crippen molar-refractivity contribution in [2.45, 2.75) is 31.0 Å². The Balaban J connectivity index is 0.00000320. The minimum absolute atomic E-state index is 0. The Kier molecular flexibility index (Phi) is 6.97. The molecule has 0 aromatic carbocycles. The standard InChI is InChI=1S/C18H20F4N4O3.ClH/c1-9-2-10(23)4-25(9)16-13(22)3-11-14(27)12(17(28)29)5-26(15(11)24-16)18(6-19,7-20)8-21;/h3,5,9-10H,2,4,6-8,23H2,1H3,(H,28,29);1H/t9-,10-;/m0./s1. The van der Waals surface area contributed by atoms with Crippen LogP contribution in [0, 0.1) is 5.82 Å². The summed E-state index contributed by atoms with van der Waals surface area (Å²) in [6.07, 6.45) is 1.20. The van der Waals surface area contributed by atoms with E-state index in [1.807, 2.05) is 0 Å². The van der Waals surface area contributed by atoms with E-state index in [1.54, 1.807) is 11.8 Å². The number of nitrogens with zero attached hydrogens (tertiary/aromatic N) is 3. The molecule has 2 aromatic heterocycles. The van der Waals surface area contributed by atoms with Crippen LogP contribution in [0.25, 0.3) is 11.0 Å². The number of pyridine rings is 2. The van der Waals surface area contributed by atoms with Gasteiger partial charge in [0.1, 0.15) is 36.8 Å². The Morgan fingerprint density at radius 1 is 1.33 bits per heavy atom. The van der Waals surface area contributed by atoms with E-state index in [9.17, 15) is 32.3 Å². The summed E-state index contributed by atoms with van der Waals surface area (Å²) in [5.74, 6) is -2.82. The number of hydrogen-bond donors (Lipinski definition) is 2. The molecule has 2 aromatic rings. The Morgan fingerprint density at radius 3 is 2.40 bits per heavy atom. The number of carbonyl (C=O) groups is 1. The second kappa shape index (κ2) is 8.76. The molecule has 3 heterocycles. The fraction of sp³-hybridized carbons (Fsp3) is 0.500. The van der Waals surface area contributed by atoms with E-state index in [4.69, 9.17) is 5.73 Å². The van der Waals surface area contributed by atoms with Crippen molar-refractivity contribution in [1.29, 1.82) is 0 Å². The maximum Gasteiger partial charge on any atom is 0.341 e. The fourth-order valence-electron chi connectivity index (χ4n) is 3.60. The number of aromatic carboxylic acids is 1. The first kappa shape index (κ1) is 23.9. The van der Waals surface area contributed by atoms with Gasteiger partial charge in [0.15, 0.2) is 11.6 Å². The van der Waals surface area contributed by atoms with Crippen LogP contribution in [0.15, 0.2) is 17.1 Å². The number of anilines is 1. The average molecular weight is 453 g/mol. The first-order valence-corrected chi connectivity index (χ1v) is 8.89. The zero-order chi connectivity index (χ0) is 21.5. The number of rotatable bonds is 6. The molecule has 30 heavy (non-hydrogen) atoms. The lowest BCUT2D eigenvalue weighted by molar-refractivity contribution is 0.0691. The van der Waals surface area contributed by atoms with Crippen molar-refractivity contribution in [3.8, 4) is 0 Å². The van der Waals surface area contributed by atoms with Gasteiger partial charge in [-0.1, -0.05) is 0 Å². The van der Waals surface area contributed by atoms with Crippen molar-refractivity contribution < 1.29 is 27.5 Å². The summed E-state index contributed by atoms with van der Waals surface area (Å²) in [5.41, 5.74) is 1.11. The van der Waals surface area contributed by atoms with Gasteiger partial charge in [0.25, 0.3) is 0 Å². The number of halogens is 5. The van der Waals surface area contributed by atoms with Crippen LogP contribution in [0.1, 0.15) is 23.7 Å². The van der Waals surface area contributed by atoms with E-state index in [2.05, 4.69) is 4.98 Å². The molecule has 0 radical (unpaired) electrons. The van der Waals surface area contributed by atoms with E-state index in [0.29, 0.717) is 17.2 Å². The highest BCUT2D eigenvalue weighted by atomic mass is 35.5. The predicted octanol–water partition coefficient (Wildman–Crippen LogP) is 2.19. The largest absolute Gasteiger partial charge is 0.477 e. The van der Waals surface area contributed by atoms with E-state index in [-0.39, 0.29) is 36.9 Å². The third kappa shape index (κ3) is 3.71. The van der Waals surface area contributed by atoms with E-state index in [0.717, 1.165) is 6.07 Å². The summed E-state index contributed by atoms with van der Waals surface area (Å²) in [6, 6.07) is 0.315. The zero-order valence-corrected chi connectivity index (χ0v) is 16.8. The summed E-state index contributed by atoms with van der Waals surface area (Å²) in [6.45, 7) is -2.55. The minimum atomic E-state index is -2.43. The van der Waals surface area contributed by atoms with Crippen LogP contribution in [0.4, 0.5) is 23.4 Å². The van der Waals surface area contributed by atoms with Gasteiger partial charge in [-0.15, -0.1) is 12.4 Å². The number of nitrogens with two attached hydrogens (primary N) is 1. The summed E-state index contributed by atoms with van der Waals surface area (Å²) < 4.78 is 56.5. The first-order valence-electron chi connectivity index (χ1n) is 8.89. The molecule has 0 aliphatic carbocycles. The Hall–Kier alpha value is -2.40. The van der Waals surface area contributed by atoms with Crippen LogP contribution in [-0.4, -0.2) is 59.3 Å². The van der Waals surface area contributed by atoms with Crippen LogP contribution < -0.4 is 16.1 Å². The number of carboxylic acids is 1. The Labute approximate surface area is 174 Å². The third-order valence-electron chi connectivity index (χ3n) is 5.28. The van der Waals surface area contributed by atoms with Gasteiger partial charge < -0.3 is 20.3 Å². The summed E-state index contributed by atoms with van der Waals surface area (Å²) >= 11 is 0. The van der Waals surface area contributed by atoms with Gasteiger partial charge in [-0.2, -0.15) is 0 Å². The number of fused-ring (bicyclic) bond motifs is 1. The molecule has 0 amide bonds. The van der Waals surface area contributed by atoms with Gasteiger partial charge >= 0.3 is 5.97 Å². The summed E-state index contributed by atoms with van der Waals surface area (Å²) in [7, 11) is 0. The molecule has 1 aliphatic heterocycles. The van der Waals surface area contributed by atoms with Gasteiger partial charge in [0.2, 0.25) is 5.43 Å². The highest BCUT2D eigenvalue weighted by Gasteiger charge is 2.37. The maximum absolute atomic E-state index is 14.8. The Bertz CT molecular complexity index is 1010. The molecular formula is C18H21ClF4N4O3. The highest BCUT2D eigenvalue weighted by molar-refractivity contribution is 5.92. The minimum Gasteiger partial charge on any atom is -0.477 e. The molecule has 0 bridgehead atoms. The van der Waals surface area contributed by atoms with Crippen molar-refractivity contribution in [3.05, 3.63) is 33.9 Å². The second-order valence-electron chi connectivity index (χ2n) is 7.33. The second-order valence-corrected chi connectivity index (χ2v) is 7.33. The van der Waals surface area contributed by atoms with Crippen molar-refractivity contribution in [2.24, 2.45) is 5.73 Å². The van der Waals surface area contributed by atoms with Crippen molar-refractivity contribution in [3.63, 3.8) is 0 Å². The molecule has 7 nitrogen and oxygen atoms in total. The SMILES string of the molecule is C[C@H]1C[C@H](N)CN1c1nc2c(cc1F)c(=O)c(C(=O)O)cn2C(CF)(CF)CF.Cl. The molecule has 1 saturated heterocycles. The summed E-state index contributed by atoms with van der Waals surface area (Å²) in [4.78, 5) is 29.5. The van der Waals surface area contributed by atoms with E-state index >= 15 is 0 Å². The molecule has 0 saturated carbocycles. The summed E-state index contributed by atoms with van der Waals surface area (Å²) in [5, 5.41) is 8.75. The quantitative estimate of drug-likeness (QED) is 0.651. The Morgan fingerprint density at radius 2 is 1.93 bits per heavy atom. The smallest absolute Gasteiger partial charge is 0.341 e. The van der Waals surface area contributed by atoms with Gasteiger partial charge in [0, 0.05) is 24.8 Å².